The molecule has 0 fully saturated rings. The zero-order valence-electron chi connectivity index (χ0n) is 12.3. The van der Waals surface area contributed by atoms with Gasteiger partial charge < -0.3 is 4.74 Å². The molecule has 5 heteroatoms. The van der Waals surface area contributed by atoms with Gasteiger partial charge in [0.25, 0.3) is 5.91 Å². The first kappa shape index (κ1) is 16.2. The molecule has 22 heavy (non-hydrogen) atoms. The first-order valence-corrected chi connectivity index (χ1v) is 7.76. The number of hydrogen-bond acceptors (Lipinski definition) is 3. The van der Waals surface area contributed by atoms with Gasteiger partial charge in [0.1, 0.15) is 5.75 Å². The summed E-state index contributed by atoms with van der Waals surface area (Å²) in [5, 5.41) is 3.89. The summed E-state index contributed by atoms with van der Waals surface area (Å²) in [5.41, 5.74) is 4.57. The van der Waals surface area contributed by atoms with Gasteiger partial charge in [0.05, 0.1) is 6.21 Å². The van der Waals surface area contributed by atoms with E-state index in [1.165, 1.54) is 5.56 Å². The van der Waals surface area contributed by atoms with Gasteiger partial charge in [-0.2, -0.15) is 5.10 Å². The van der Waals surface area contributed by atoms with Crippen molar-refractivity contribution in [2.24, 2.45) is 5.10 Å². The van der Waals surface area contributed by atoms with Crippen molar-refractivity contribution in [3.8, 4) is 5.75 Å². The number of halogens is 1. The van der Waals surface area contributed by atoms with Crippen molar-refractivity contribution < 1.29 is 9.53 Å². The van der Waals surface area contributed by atoms with Crippen LogP contribution in [0.3, 0.4) is 0 Å². The number of hydrogen-bond donors (Lipinski definition) is 1. The molecule has 0 heterocycles. The number of aryl methyl sites for hydroxylation is 1. The van der Waals surface area contributed by atoms with Gasteiger partial charge in [0.2, 0.25) is 0 Å². The number of rotatable bonds is 6. The summed E-state index contributed by atoms with van der Waals surface area (Å²) in [6.45, 7) is 2.02. The van der Waals surface area contributed by atoms with E-state index < -0.39 is 0 Å². The van der Waals surface area contributed by atoms with Crippen LogP contribution in [-0.4, -0.2) is 18.7 Å². The number of nitrogens with zero attached hydrogens (tertiary/aromatic N) is 1. The quantitative estimate of drug-likeness (QED) is 0.632. The Balaban J connectivity index is 1.76. The molecule has 0 spiro atoms. The van der Waals surface area contributed by atoms with Gasteiger partial charge in [-0.3, -0.25) is 4.79 Å². The van der Waals surface area contributed by atoms with Crippen LogP contribution in [0, 0.1) is 0 Å². The van der Waals surface area contributed by atoms with Crippen LogP contribution in [0.5, 0.6) is 5.75 Å². The van der Waals surface area contributed by atoms with E-state index in [0.29, 0.717) is 5.75 Å². The fourth-order valence-corrected chi connectivity index (χ4v) is 1.99. The van der Waals surface area contributed by atoms with Gasteiger partial charge in [-0.05, 0) is 41.8 Å². The smallest absolute Gasteiger partial charge is 0.277 e. The highest BCUT2D eigenvalue weighted by molar-refractivity contribution is 9.10. The van der Waals surface area contributed by atoms with E-state index in [1.807, 2.05) is 48.5 Å². The number of carbonyl (C=O) groups excluding carboxylic acids is 1. The van der Waals surface area contributed by atoms with Crippen LogP contribution >= 0.6 is 15.9 Å². The molecule has 1 N–H and O–H groups in total. The van der Waals surface area contributed by atoms with Gasteiger partial charge >= 0.3 is 0 Å². The van der Waals surface area contributed by atoms with Crippen molar-refractivity contribution in [1.82, 2.24) is 5.43 Å². The Bertz CT molecular complexity index is 637. The summed E-state index contributed by atoms with van der Waals surface area (Å²) in [7, 11) is 0. The third-order valence-corrected chi connectivity index (χ3v) is 3.50. The summed E-state index contributed by atoms with van der Waals surface area (Å²) >= 11 is 3.36. The van der Waals surface area contributed by atoms with Gasteiger partial charge in [-0.15, -0.1) is 0 Å². The molecule has 0 radical (unpaired) electrons. The first-order chi connectivity index (χ1) is 10.7. The Morgan fingerprint density at radius 3 is 2.50 bits per heavy atom. The maximum absolute atomic E-state index is 11.6. The lowest BCUT2D eigenvalue weighted by molar-refractivity contribution is -0.123. The number of benzene rings is 2. The molecule has 2 aromatic carbocycles. The SMILES string of the molecule is CCc1ccc(OCC(=O)N/N=C\c2ccc(Br)cc2)cc1. The van der Waals surface area contributed by atoms with E-state index in [4.69, 9.17) is 4.74 Å². The first-order valence-electron chi connectivity index (χ1n) is 6.96. The lowest BCUT2D eigenvalue weighted by Gasteiger charge is -2.05. The van der Waals surface area contributed by atoms with Crippen molar-refractivity contribution >= 4 is 28.1 Å². The second-order valence-corrected chi connectivity index (χ2v) is 5.55. The highest BCUT2D eigenvalue weighted by Crippen LogP contribution is 2.12. The topological polar surface area (TPSA) is 50.7 Å². The van der Waals surface area contributed by atoms with E-state index in [2.05, 4.69) is 33.4 Å². The third-order valence-electron chi connectivity index (χ3n) is 2.97. The molecule has 0 bridgehead atoms. The highest BCUT2D eigenvalue weighted by Gasteiger charge is 2.01. The number of amides is 1. The van der Waals surface area contributed by atoms with Crippen LogP contribution < -0.4 is 10.2 Å². The standard InChI is InChI=1S/C17H17BrN2O2/c1-2-13-5-9-16(10-6-13)22-12-17(21)20-19-11-14-3-7-15(18)8-4-14/h3-11H,2,12H2,1H3,(H,20,21)/b19-11-. The number of carbonyl (C=O) groups is 1. The largest absolute Gasteiger partial charge is 0.484 e. The number of ether oxygens (including phenoxy) is 1. The molecule has 0 aliphatic carbocycles. The maximum Gasteiger partial charge on any atom is 0.277 e. The molecule has 4 nitrogen and oxygen atoms in total. The Kier molecular flexibility index (Phi) is 6.15. The molecular weight excluding hydrogens is 344 g/mol. The van der Waals surface area contributed by atoms with Crippen LogP contribution in [0.4, 0.5) is 0 Å². The minimum absolute atomic E-state index is 0.0663. The van der Waals surface area contributed by atoms with E-state index in [-0.39, 0.29) is 12.5 Å². The summed E-state index contributed by atoms with van der Waals surface area (Å²) in [6, 6.07) is 15.3. The van der Waals surface area contributed by atoms with Gasteiger partial charge in [0.15, 0.2) is 6.61 Å². The molecule has 2 rings (SSSR count). The zero-order valence-corrected chi connectivity index (χ0v) is 13.8. The minimum atomic E-state index is -0.298. The van der Waals surface area contributed by atoms with E-state index >= 15 is 0 Å². The predicted octanol–water partition coefficient (Wildman–Crippen LogP) is 3.54. The number of hydrazone groups is 1. The molecule has 1 amide bonds. The van der Waals surface area contributed by atoms with E-state index in [1.54, 1.807) is 6.21 Å². The van der Waals surface area contributed by atoms with Crippen LogP contribution in [0.15, 0.2) is 58.1 Å². The van der Waals surface area contributed by atoms with Gasteiger partial charge in [-0.1, -0.05) is 47.1 Å². The Morgan fingerprint density at radius 1 is 1.18 bits per heavy atom. The monoisotopic (exact) mass is 360 g/mol. The second-order valence-electron chi connectivity index (χ2n) is 4.63. The lowest BCUT2D eigenvalue weighted by atomic mass is 10.2. The lowest BCUT2D eigenvalue weighted by Crippen LogP contribution is -2.24. The summed E-state index contributed by atoms with van der Waals surface area (Å²) in [5.74, 6) is 0.372. The molecule has 0 saturated heterocycles. The van der Waals surface area contributed by atoms with Crippen molar-refractivity contribution in [2.75, 3.05) is 6.61 Å². The summed E-state index contributed by atoms with van der Waals surface area (Å²) < 4.78 is 6.39. The van der Waals surface area contributed by atoms with Crippen molar-refractivity contribution in [3.63, 3.8) is 0 Å². The molecule has 0 aromatic heterocycles. The van der Waals surface area contributed by atoms with Gasteiger partial charge in [-0.25, -0.2) is 5.43 Å². The van der Waals surface area contributed by atoms with E-state index in [9.17, 15) is 4.79 Å². The fourth-order valence-electron chi connectivity index (χ4n) is 1.73. The molecule has 0 atom stereocenters. The Morgan fingerprint density at radius 2 is 1.86 bits per heavy atom. The highest BCUT2D eigenvalue weighted by atomic mass is 79.9. The van der Waals surface area contributed by atoms with Gasteiger partial charge in [0, 0.05) is 4.47 Å². The molecule has 114 valence electrons. The molecule has 0 aliphatic rings. The summed E-state index contributed by atoms with van der Waals surface area (Å²) in [4.78, 5) is 11.6. The Hall–Kier alpha value is -2.14. The molecule has 0 unspecified atom stereocenters. The third kappa shape index (κ3) is 5.33. The fraction of sp³-hybridized carbons (Fsp3) is 0.176. The second kappa shape index (κ2) is 8.34. The minimum Gasteiger partial charge on any atom is -0.484 e. The molecule has 0 saturated carbocycles. The average Bonchev–Trinajstić information content (AvgIpc) is 2.55. The average molecular weight is 361 g/mol. The van der Waals surface area contributed by atoms with Crippen LogP contribution in [0.1, 0.15) is 18.1 Å². The molecular formula is C17H17BrN2O2. The van der Waals surface area contributed by atoms with Crippen LogP contribution in [0.25, 0.3) is 0 Å². The van der Waals surface area contributed by atoms with Crippen molar-refractivity contribution in [2.45, 2.75) is 13.3 Å². The maximum atomic E-state index is 11.6. The zero-order chi connectivity index (χ0) is 15.8. The van der Waals surface area contributed by atoms with Crippen molar-refractivity contribution in [1.29, 1.82) is 0 Å². The van der Waals surface area contributed by atoms with E-state index in [0.717, 1.165) is 16.5 Å². The molecule has 2 aromatic rings. The predicted molar refractivity (Wildman–Crippen MR) is 91.2 cm³/mol. The Labute approximate surface area is 138 Å². The van der Waals surface area contributed by atoms with Crippen LogP contribution in [-0.2, 0) is 11.2 Å². The van der Waals surface area contributed by atoms with Crippen LogP contribution in [0.2, 0.25) is 0 Å². The van der Waals surface area contributed by atoms with Crippen molar-refractivity contribution in [3.05, 3.63) is 64.1 Å². The number of nitrogens with one attached hydrogen (secondary N) is 1. The normalized spacial score (nSPS) is 10.6. The summed E-state index contributed by atoms with van der Waals surface area (Å²) in [6.07, 6.45) is 2.56. The molecule has 0 aliphatic heterocycles.